The molecule has 1 aromatic carbocycles. The first-order chi connectivity index (χ1) is 11.0. The van der Waals surface area contributed by atoms with Gasteiger partial charge in [-0.3, -0.25) is 4.90 Å². The van der Waals surface area contributed by atoms with E-state index in [9.17, 15) is 0 Å². The molecule has 0 amide bonds. The molecule has 1 aliphatic heterocycles. The fourth-order valence-corrected chi connectivity index (χ4v) is 2.91. The first-order valence-corrected chi connectivity index (χ1v) is 8.78. The summed E-state index contributed by atoms with van der Waals surface area (Å²) in [5, 5.41) is 8.96. The third-order valence-corrected chi connectivity index (χ3v) is 4.49. The monoisotopic (exact) mass is 320 g/mol. The Morgan fingerprint density at radius 1 is 0.957 bits per heavy atom. The summed E-state index contributed by atoms with van der Waals surface area (Å²) in [6, 6.07) is 8.48. The van der Waals surface area contributed by atoms with E-state index in [4.69, 9.17) is 9.84 Å². The molecule has 4 nitrogen and oxygen atoms in total. The van der Waals surface area contributed by atoms with E-state index in [1.54, 1.807) is 0 Å². The summed E-state index contributed by atoms with van der Waals surface area (Å²) in [7, 11) is 0. The van der Waals surface area contributed by atoms with Gasteiger partial charge in [0.2, 0.25) is 0 Å². The average Bonchev–Trinajstić information content (AvgIpc) is 2.53. The first-order valence-electron chi connectivity index (χ1n) is 8.78. The lowest BCUT2D eigenvalue weighted by Gasteiger charge is -2.34. The summed E-state index contributed by atoms with van der Waals surface area (Å²) in [5.74, 6) is 0.964. The Kier molecular flexibility index (Phi) is 6.88. The average molecular weight is 320 g/mol. The summed E-state index contributed by atoms with van der Waals surface area (Å²) < 4.78 is 5.85. The van der Waals surface area contributed by atoms with E-state index in [0.717, 1.165) is 58.0 Å². The SMILES string of the molecule is CC(C)(C)c1ccc(OCCCN2CCN(CCO)CC2)cc1. The van der Waals surface area contributed by atoms with Crippen LogP contribution < -0.4 is 4.74 Å². The van der Waals surface area contributed by atoms with Crippen LogP contribution in [0.15, 0.2) is 24.3 Å². The second-order valence-corrected chi connectivity index (χ2v) is 7.38. The topological polar surface area (TPSA) is 35.9 Å². The molecule has 1 aromatic rings. The van der Waals surface area contributed by atoms with Gasteiger partial charge in [-0.05, 0) is 29.5 Å². The van der Waals surface area contributed by atoms with E-state index in [2.05, 4.69) is 54.8 Å². The van der Waals surface area contributed by atoms with Crippen LogP contribution in [-0.2, 0) is 5.41 Å². The van der Waals surface area contributed by atoms with E-state index >= 15 is 0 Å². The molecule has 1 aliphatic rings. The van der Waals surface area contributed by atoms with Crippen LogP contribution >= 0.6 is 0 Å². The molecule has 1 N–H and O–H groups in total. The van der Waals surface area contributed by atoms with Crippen LogP contribution in [0.2, 0.25) is 0 Å². The number of aliphatic hydroxyl groups excluding tert-OH is 1. The van der Waals surface area contributed by atoms with Gasteiger partial charge in [0.1, 0.15) is 5.75 Å². The van der Waals surface area contributed by atoms with E-state index in [1.807, 2.05) is 0 Å². The Bertz CT molecular complexity index is 445. The van der Waals surface area contributed by atoms with Crippen molar-refractivity contribution in [2.75, 3.05) is 52.5 Å². The number of nitrogens with zero attached hydrogens (tertiary/aromatic N) is 2. The summed E-state index contributed by atoms with van der Waals surface area (Å²) in [5.41, 5.74) is 1.53. The lowest BCUT2D eigenvalue weighted by atomic mass is 9.87. The Balaban J connectivity index is 1.62. The normalized spacial score (nSPS) is 17.4. The molecule has 0 saturated carbocycles. The number of benzene rings is 1. The molecule has 23 heavy (non-hydrogen) atoms. The Morgan fingerprint density at radius 3 is 2.04 bits per heavy atom. The zero-order chi connectivity index (χ0) is 16.7. The molecule has 4 heteroatoms. The lowest BCUT2D eigenvalue weighted by molar-refractivity contribution is 0.108. The second kappa shape index (κ2) is 8.67. The van der Waals surface area contributed by atoms with E-state index in [0.29, 0.717) is 0 Å². The molecule has 0 aliphatic carbocycles. The van der Waals surface area contributed by atoms with Crippen LogP contribution in [0.1, 0.15) is 32.8 Å². The fourth-order valence-electron chi connectivity index (χ4n) is 2.91. The lowest BCUT2D eigenvalue weighted by Crippen LogP contribution is -2.47. The molecule has 0 bridgehead atoms. The Labute approximate surface area is 141 Å². The highest BCUT2D eigenvalue weighted by Gasteiger charge is 2.16. The molecular formula is C19H32N2O2. The molecule has 1 fully saturated rings. The van der Waals surface area contributed by atoms with Crippen molar-refractivity contribution in [2.45, 2.75) is 32.6 Å². The highest BCUT2D eigenvalue weighted by atomic mass is 16.5. The molecule has 1 heterocycles. The standard InChI is InChI=1S/C19H32N2O2/c1-19(2,3)17-5-7-18(8-6-17)23-16-4-9-20-10-12-21(13-11-20)14-15-22/h5-8,22H,4,9-16H2,1-3H3. The first kappa shape index (κ1) is 18.2. The van der Waals surface area contributed by atoms with Gasteiger partial charge in [0, 0.05) is 39.3 Å². The number of hydrogen-bond acceptors (Lipinski definition) is 4. The molecular weight excluding hydrogens is 288 g/mol. The van der Waals surface area contributed by atoms with Gasteiger partial charge < -0.3 is 14.7 Å². The maximum absolute atomic E-state index is 8.96. The largest absolute Gasteiger partial charge is 0.494 e. The molecule has 0 unspecified atom stereocenters. The number of ether oxygens (including phenoxy) is 1. The summed E-state index contributed by atoms with van der Waals surface area (Å²) in [6.07, 6.45) is 1.06. The number of β-amino-alcohol motifs (C(OH)–C–C–N with tert-alkyl or cyclic N) is 1. The molecule has 0 spiro atoms. The van der Waals surface area contributed by atoms with Gasteiger partial charge in [0.15, 0.2) is 0 Å². The third kappa shape index (κ3) is 6.13. The minimum atomic E-state index is 0.191. The molecule has 2 rings (SSSR count). The zero-order valence-corrected chi connectivity index (χ0v) is 14.9. The Morgan fingerprint density at radius 2 is 1.52 bits per heavy atom. The maximum atomic E-state index is 8.96. The summed E-state index contributed by atoms with van der Waals surface area (Å²) in [6.45, 7) is 13.9. The third-order valence-electron chi connectivity index (χ3n) is 4.49. The number of aliphatic hydroxyl groups is 1. The van der Waals surface area contributed by atoms with Crippen LogP contribution in [0, 0.1) is 0 Å². The van der Waals surface area contributed by atoms with Crippen molar-refractivity contribution in [3.63, 3.8) is 0 Å². The smallest absolute Gasteiger partial charge is 0.119 e. The van der Waals surface area contributed by atoms with Gasteiger partial charge in [0.25, 0.3) is 0 Å². The maximum Gasteiger partial charge on any atom is 0.119 e. The summed E-state index contributed by atoms with van der Waals surface area (Å²) >= 11 is 0. The molecule has 0 radical (unpaired) electrons. The van der Waals surface area contributed by atoms with Crippen LogP contribution in [0.5, 0.6) is 5.75 Å². The van der Waals surface area contributed by atoms with Gasteiger partial charge in [-0.25, -0.2) is 0 Å². The predicted molar refractivity (Wildman–Crippen MR) is 95.2 cm³/mol. The minimum Gasteiger partial charge on any atom is -0.494 e. The quantitative estimate of drug-likeness (QED) is 0.783. The number of hydrogen-bond donors (Lipinski definition) is 1. The van der Waals surface area contributed by atoms with E-state index in [1.165, 1.54) is 5.56 Å². The minimum absolute atomic E-state index is 0.191. The van der Waals surface area contributed by atoms with Crippen molar-refractivity contribution in [3.8, 4) is 5.75 Å². The van der Waals surface area contributed by atoms with Crippen molar-refractivity contribution in [1.82, 2.24) is 9.80 Å². The highest BCUT2D eigenvalue weighted by molar-refractivity contribution is 5.31. The fraction of sp³-hybridized carbons (Fsp3) is 0.684. The van der Waals surface area contributed by atoms with Crippen LogP contribution in [0.4, 0.5) is 0 Å². The molecule has 0 atom stereocenters. The molecule has 0 aromatic heterocycles. The van der Waals surface area contributed by atoms with Crippen LogP contribution in [0.3, 0.4) is 0 Å². The van der Waals surface area contributed by atoms with E-state index < -0.39 is 0 Å². The van der Waals surface area contributed by atoms with Crippen LogP contribution in [-0.4, -0.2) is 67.4 Å². The summed E-state index contributed by atoms with van der Waals surface area (Å²) in [4.78, 5) is 4.81. The van der Waals surface area contributed by atoms with Gasteiger partial charge in [-0.15, -0.1) is 0 Å². The molecule has 1 saturated heterocycles. The van der Waals surface area contributed by atoms with Crippen molar-refractivity contribution in [3.05, 3.63) is 29.8 Å². The van der Waals surface area contributed by atoms with Crippen molar-refractivity contribution >= 4 is 0 Å². The van der Waals surface area contributed by atoms with E-state index in [-0.39, 0.29) is 12.0 Å². The van der Waals surface area contributed by atoms with Gasteiger partial charge in [-0.2, -0.15) is 0 Å². The zero-order valence-electron chi connectivity index (χ0n) is 14.9. The predicted octanol–water partition coefficient (Wildman–Crippen LogP) is 2.36. The van der Waals surface area contributed by atoms with Crippen molar-refractivity contribution in [1.29, 1.82) is 0 Å². The van der Waals surface area contributed by atoms with Crippen molar-refractivity contribution in [2.24, 2.45) is 0 Å². The molecule has 130 valence electrons. The van der Waals surface area contributed by atoms with Gasteiger partial charge in [-0.1, -0.05) is 32.9 Å². The second-order valence-electron chi connectivity index (χ2n) is 7.38. The van der Waals surface area contributed by atoms with Gasteiger partial charge >= 0.3 is 0 Å². The van der Waals surface area contributed by atoms with Gasteiger partial charge in [0.05, 0.1) is 13.2 Å². The highest BCUT2D eigenvalue weighted by Crippen LogP contribution is 2.24. The number of rotatable bonds is 7. The van der Waals surface area contributed by atoms with Crippen molar-refractivity contribution < 1.29 is 9.84 Å². The number of piperazine rings is 1. The Hall–Kier alpha value is -1.10. The van der Waals surface area contributed by atoms with Crippen LogP contribution in [0.25, 0.3) is 0 Å².